The first-order chi connectivity index (χ1) is 7.79. The van der Waals surface area contributed by atoms with Crippen LogP contribution >= 0.6 is 0 Å². The highest BCUT2D eigenvalue weighted by Crippen LogP contribution is 2.19. The monoisotopic (exact) mass is 221 g/mol. The van der Waals surface area contributed by atoms with Gasteiger partial charge >= 0.3 is 0 Å². The second-order valence-electron chi connectivity index (χ2n) is 4.15. The first kappa shape index (κ1) is 13.2. The lowest BCUT2D eigenvalue weighted by Gasteiger charge is -2.28. The van der Waals surface area contributed by atoms with Gasteiger partial charge < -0.3 is 5.11 Å². The van der Waals surface area contributed by atoms with E-state index >= 15 is 0 Å². The number of unbranched alkanes of at least 4 members (excludes halogenated alkanes) is 1. The number of aliphatic hydroxyl groups is 1. The van der Waals surface area contributed by atoms with Gasteiger partial charge in [-0.1, -0.05) is 37.3 Å². The molecule has 0 radical (unpaired) electrons. The molecular formula is C14H23NO. The third-order valence-electron chi connectivity index (χ3n) is 3.09. The van der Waals surface area contributed by atoms with Crippen LogP contribution < -0.4 is 0 Å². The molecule has 0 heterocycles. The van der Waals surface area contributed by atoms with E-state index < -0.39 is 0 Å². The fraction of sp³-hybridized carbons (Fsp3) is 0.571. The molecule has 0 saturated heterocycles. The summed E-state index contributed by atoms with van der Waals surface area (Å²) in [5.41, 5.74) is 1.37. The Labute approximate surface area is 98.9 Å². The Balaban J connectivity index is 2.52. The summed E-state index contributed by atoms with van der Waals surface area (Å²) in [7, 11) is 0. The Morgan fingerprint density at radius 1 is 1.19 bits per heavy atom. The molecule has 0 unspecified atom stereocenters. The van der Waals surface area contributed by atoms with E-state index in [-0.39, 0.29) is 0 Å². The van der Waals surface area contributed by atoms with E-state index in [9.17, 15) is 0 Å². The molecular weight excluding hydrogens is 198 g/mol. The Bertz CT molecular complexity index is 273. The molecule has 1 aromatic carbocycles. The Morgan fingerprint density at radius 3 is 2.44 bits per heavy atom. The van der Waals surface area contributed by atoms with Crippen LogP contribution in [0.2, 0.25) is 0 Å². The highest BCUT2D eigenvalue weighted by molar-refractivity contribution is 5.18. The molecule has 90 valence electrons. The molecule has 1 rings (SSSR count). The van der Waals surface area contributed by atoms with Gasteiger partial charge in [-0.05, 0) is 38.4 Å². The van der Waals surface area contributed by atoms with Gasteiger partial charge in [-0.25, -0.2) is 0 Å². The summed E-state index contributed by atoms with van der Waals surface area (Å²) in [5.74, 6) is 0. The van der Waals surface area contributed by atoms with Crippen LogP contribution in [0.4, 0.5) is 0 Å². The van der Waals surface area contributed by atoms with Crippen LogP contribution in [0.25, 0.3) is 0 Å². The number of hydrogen-bond donors (Lipinski definition) is 1. The minimum absolute atomic E-state index is 0.303. The third-order valence-corrected chi connectivity index (χ3v) is 3.09. The van der Waals surface area contributed by atoms with Crippen LogP contribution in [0.15, 0.2) is 30.3 Å². The maximum Gasteiger partial charge on any atom is 0.0431 e. The van der Waals surface area contributed by atoms with Crippen LogP contribution in [0.1, 0.15) is 38.3 Å². The number of aliphatic hydroxyl groups excluding tert-OH is 1. The van der Waals surface area contributed by atoms with Crippen molar-refractivity contribution in [3.8, 4) is 0 Å². The SMILES string of the molecule is CCN(CCCCO)[C@H](C)c1ccccc1. The molecule has 1 N–H and O–H groups in total. The lowest BCUT2D eigenvalue weighted by Crippen LogP contribution is -2.28. The Morgan fingerprint density at radius 2 is 1.88 bits per heavy atom. The average molecular weight is 221 g/mol. The molecule has 0 aliphatic heterocycles. The molecule has 0 aliphatic rings. The molecule has 2 heteroatoms. The number of rotatable bonds is 7. The fourth-order valence-electron chi connectivity index (χ4n) is 1.99. The van der Waals surface area contributed by atoms with Crippen LogP contribution in [0, 0.1) is 0 Å². The summed E-state index contributed by atoms with van der Waals surface area (Å²) in [6.45, 7) is 6.86. The van der Waals surface area contributed by atoms with Gasteiger partial charge in [0.2, 0.25) is 0 Å². The second-order valence-corrected chi connectivity index (χ2v) is 4.15. The molecule has 0 aliphatic carbocycles. The molecule has 0 fully saturated rings. The van der Waals surface area contributed by atoms with Crippen LogP contribution in [0.3, 0.4) is 0 Å². The molecule has 1 atom stereocenters. The van der Waals surface area contributed by atoms with Crippen molar-refractivity contribution >= 4 is 0 Å². The van der Waals surface area contributed by atoms with Crippen molar-refractivity contribution in [2.24, 2.45) is 0 Å². The molecule has 0 bridgehead atoms. The zero-order valence-electron chi connectivity index (χ0n) is 10.4. The van der Waals surface area contributed by atoms with Crippen molar-refractivity contribution in [1.82, 2.24) is 4.90 Å². The van der Waals surface area contributed by atoms with Crippen molar-refractivity contribution in [2.45, 2.75) is 32.7 Å². The summed E-state index contributed by atoms with van der Waals surface area (Å²) >= 11 is 0. The van der Waals surface area contributed by atoms with Gasteiger partial charge in [0.25, 0.3) is 0 Å². The molecule has 0 spiro atoms. The van der Waals surface area contributed by atoms with E-state index in [4.69, 9.17) is 5.11 Å². The fourth-order valence-corrected chi connectivity index (χ4v) is 1.99. The zero-order valence-corrected chi connectivity index (χ0v) is 10.4. The third kappa shape index (κ3) is 3.95. The maximum absolute atomic E-state index is 8.79. The Hall–Kier alpha value is -0.860. The van der Waals surface area contributed by atoms with Gasteiger partial charge in [0.05, 0.1) is 0 Å². The average Bonchev–Trinajstić information content (AvgIpc) is 2.35. The molecule has 0 aromatic heterocycles. The lowest BCUT2D eigenvalue weighted by atomic mass is 10.1. The van der Waals surface area contributed by atoms with E-state index in [0.29, 0.717) is 12.6 Å². The topological polar surface area (TPSA) is 23.5 Å². The highest BCUT2D eigenvalue weighted by Gasteiger charge is 2.12. The van der Waals surface area contributed by atoms with Gasteiger partial charge in [-0.3, -0.25) is 4.90 Å². The largest absolute Gasteiger partial charge is 0.396 e. The maximum atomic E-state index is 8.79. The van der Waals surface area contributed by atoms with Crippen molar-refractivity contribution in [1.29, 1.82) is 0 Å². The summed E-state index contributed by atoms with van der Waals surface area (Å²) < 4.78 is 0. The van der Waals surface area contributed by atoms with E-state index in [1.807, 2.05) is 0 Å². The molecule has 2 nitrogen and oxygen atoms in total. The summed E-state index contributed by atoms with van der Waals surface area (Å²) in [6, 6.07) is 11.1. The van der Waals surface area contributed by atoms with Gasteiger partial charge in [0.1, 0.15) is 0 Å². The van der Waals surface area contributed by atoms with E-state index in [0.717, 1.165) is 25.9 Å². The first-order valence-electron chi connectivity index (χ1n) is 6.19. The smallest absolute Gasteiger partial charge is 0.0431 e. The molecule has 1 aromatic rings. The van der Waals surface area contributed by atoms with E-state index in [1.165, 1.54) is 5.56 Å². The van der Waals surface area contributed by atoms with Crippen LogP contribution in [0.5, 0.6) is 0 Å². The summed E-state index contributed by atoms with van der Waals surface area (Å²) in [6.07, 6.45) is 1.97. The van der Waals surface area contributed by atoms with Crippen LogP contribution in [-0.4, -0.2) is 29.7 Å². The predicted octanol–water partition coefficient (Wildman–Crippen LogP) is 2.84. The minimum atomic E-state index is 0.303. The number of nitrogens with zero attached hydrogens (tertiary/aromatic N) is 1. The number of hydrogen-bond acceptors (Lipinski definition) is 2. The normalized spacial score (nSPS) is 13.0. The Kier molecular flexibility index (Phi) is 6.12. The summed E-state index contributed by atoms with van der Waals surface area (Å²) in [5, 5.41) is 8.79. The van der Waals surface area contributed by atoms with Crippen molar-refractivity contribution < 1.29 is 5.11 Å². The second kappa shape index (κ2) is 7.42. The van der Waals surface area contributed by atoms with Gasteiger partial charge in [0.15, 0.2) is 0 Å². The van der Waals surface area contributed by atoms with E-state index in [1.54, 1.807) is 0 Å². The van der Waals surface area contributed by atoms with Gasteiger partial charge in [-0.15, -0.1) is 0 Å². The van der Waals surface area contributed by atoms with E-state index in [2.05, 4.69) is 49.1 Å². The quantitative estimate of drug-likeness (QED) is 0.716. The van der Waals surface area contributed by atoms with Crippen molar-refractivity contribution in [3.63, 3.8) is 0 Å². The first-order valence-corrected chi connectivity index (χ1v) is 6.19. The van der Waals surface area contributed by atoms with Gasteiger partial charge in [-0.2, -0.15) is 0 Å². The summed E-state index contributed by atoms with van der Waals surface area (Å²) in [4.78, 5) is 2.45. The molecule has 0 amide bonds. The minimum Gasteiger partial charge on any atom is -0.396 e. The lowest BCUT2D eigenvalue weighted by molar-refractivity contribution is 0.205. The molecule has 0 saturated carbocycles. The predicted molar refractivity (Wildman–Crippen MR) is 68.4 cm³/mol. The zero-order chi connectivity index (χ0) is 11.8. The van der Waals surface area contributed by atoms with Crippen molar-refractivity contribution in [2.75, 3.05) is 19.7 Å². The highest BCUT2D eigenvalue weighted by atomic mass is 16.2. The van der Waals surface area contributed by atoms with Crippen molar-refractivity contribution in [3.05, 3.63) is 35.9 Å². The van der Waals surface area contributed by atoms with Crippen LogP contribution in [-0.2, 0) is 0 Å². The molecule has 16 heavy (non-hydrogen) atoms. The standard InChI is InChI=1S/C14H23NO/c1-3-15(11-7-8-12-16)13(2)14-9-5-4-6-10-14/h4-6,9-10,13,16H,3,7-8,11-12H2,1-2H3/t13-/m1/s1. The van der Waals surface area contributed by atoms with Gasteiger partial charge in [0, 0.05) is 12.6 Å². The number of benzene rings is 1.